The minimum absolute atomic E-state index is 0.0281. The lowest BCUT2D eigenvalue weighted by Crippen LogP contribution is -2.30. The van der Waals surface area contributed by atoms with Crippen LogP contribution in [0.3, 0.4) is 0 Å². The summed E-state index contributed by atoms with van der Waals surface area (Å²) in [5.41, 5.74) is 0. The highest BCUT2D eigenvalue weighted by Crippen LogP contribution is 2.44. The molecule has 1 fully saturated rings. The van der Waals surface area contributed by atoms with Gasteiger partial charge in [0.2, 0.25) is 0 Å². The number of phosphoric acid groups is 2. The van der Waals surface area contributed by atoms with Crippen molar-refractivity contribution in [3.8, 4) is 0 Å². The maximum Gasteiger partial charge on any atom is 0.472 e. The third kappa shape index (κ3) is 33.6. The summed E-state index contributed by atoms with van der Waals surface area (Å²) in [5, 5.41) is 30.6. The van der Waals surface area contributed by atoms with E-state index in [4.69, 9.17) is 23.8 Å². The first-order valence-electron chi connectivity index (χ1n) is 24.1. The Balaban J connectivity index is 2.49. The van der Waals surface area contributed by atoms with Gasteiger partial charge >= 0.3 is 27.6 Å². The van der Waals surface area contributed by atoms with Gasteiger partial charge in [0.15, 0.2) is 6.10 Å². The molecule has 0 aromatic carbocycles. The van der Waals surface area contributed by atoms with Gasteiger partial charge < -0.3 is 39.5 Å². The number of aliphatic hydroxyl groups excluding tert-OH is 3. The summed E-state index contributed by atoms with van der Waals surface area (Å²) in [6, 6.07) is 0. The van der Waals surface area contributed by atoms with E-state index in [-0.39, 0.29) is 31.0 Å². The monoisotopic (exact) mass is 955 g/mol. The van der Waals surface area contributed by atoms with E-state index in [1.54, 1.807) is 12.2 Å². The second-order valence-corrected chi connectivity index (χ2v) is 19.9. The molecule has 374 valence electrons. The van der Waals surface area contributed by atoms with Gasteiger partial charge in [-0.15, -0.1) is 0 Å². The first-order valence-corrected chi connectivity index (χ1v) is 27.2. The number of unbranched alkanes of at least 4 members (excludes halogenated alkanes) is 18. The Bertz CT molecular complexity index is 1390. The summed E-state index contributed by atoms with van der Waals surface area (Å²) in [5.74, 6) is -1.87. The third-order valence-electron chi connectivity index (χ3n) is 11.2. The average Bonchev–Trinajstić information content (AvgIpc) is 3.51. The van der Waals surface area contributed by atoms with E-state index in [2.05, 4.69) is 35.0 Å². The summed E-state index contributed by atoms with van der Waals surface area (Å²) in [6.45, 7) is 1.41. The zero-order valence-corrected chi connectivity index (χ0v) is 40.6. The largest absolute Gasteiger partial charge is 0.472 e. The molecule has 1 unspecified atom stereocenters. The Kier molecular flexibility index (Phi) is 35.0. The van der Waals surface area contributed by atoms with Gasteiger partial charge in [0.25, 0.3) is 0 Å². The molecule has 0 aliphatic heterocycles. The fraction of sp³-hybridized carbons (Fsp3) is 0.848. The highest BCUT2D eigenvalue weighted by atomic mass is 31.2. The lowest BCUT2D eigenvalue weighted by atomic mass is 9.88. The smallest absolute Gasteiger partial charge is 0.462 e. The van der Waals surface area contributed by atoms with Gasteiger partial charge in [0.05, 0.1) is 32.0 Å². The maximum atomic E-state index is 12.7. The zero-order chi connectivity index (χ0) is 47.5. The SMILES string of the molecule is CCCCCCCC/C=C\CCCCCCCCCC(=O)O[C@H](COC(=O)CCCCCC[C@H]1[C@@H](O)CC(=O)[C@@H]1/C=C/[C@@H](O)CCCCC)COP(=O)(O)OC[C@@H](O)COP(=O)(O)O. The van der Waals surface area contributed by atoms with Crippen LogP contribution >= 0.6 is 15.6 Å². The molecule has 0 aromatic heterocycles. The minimum atomic E-state index is -4.89. The first kappa shape index (κ1) is 60.2. The van der Waals surface area contributed by atoms with Crippen LogP contribution in [0.5, 0.6) is 0 Å². The van der Waals surface area contributed by atoms with Crippen molar-refractivity contribution in [1.82, 2.24) is 0 Å². The number of allylic oxidation sites excluding steroid dienone is 3. The normalized spacial score (nSPS) is 19.3. The second-order valence-electron chi connectivity index (χ2n) is 17.2. The van der Waals surface area contributed by atoms with Crippen LogP contribution in [0, 0.1) is 11.8 Å². The van der Waals surface area contributed by atoms with Gasteiger partial charge in [0.1, 0.15) is 18.5 Å². The van der Waals surface area contributed by atoms with Gasteiger partial charge in [0, 0.05) is 25.2 Å². The lowest BCUT2D eigenvalue weighted by molar-refractivity contribution is -0.161. The predicted octanol–water partition coefficient (Wildman–Crippen LogP) is 9.27. The summed E-state index contributed by atoms with van der Waals surface area (Å²) in [4.78, 5) is 65.6. The van der Waals surface area contributed by atoms with Crippen molar-refractivity contribution in [3.63, 3.8) is 0 Å². The Morgan fingerprint density at radius 3 is 1.80 bits per heavy atom. The van der Waals surface area contributed by atoms with E-state index in [1.807, 2.05) is 0 Å². The quantitative estimate of drug-likeness (QED) is 0.0144. The number of ether oxygens (including phenoxy) is 2. The number of Topliss-reactive ketones (excluding diaryl/α,β-unsaturated/α-hetero) is 1. The number of esters is 2. The molecule has 0 heterocycles. The van der Waals surface area contributed by atoms with Gasteiger partial charge in [-0.2, -0.15) is 0 Å². The van der Waals surface area contributed by atoms with Crippen LogP contribution in [-0.2, 0) is 46.6 Å². The molecule has 0 amide bonds. The van der Waals surface area contributed by atoms with E-state index < -0.39 is 84.3 Å². The molecule has 1 rings (SSSR count). The Hall–Kier alpha value is -1.81. The fourth-order valence-electron chi connectivity index (χ4n) is 7.48. The average molecular weight is 955 g/mol. The van der Waals surface area contributed by atoms with E-state index in [0.29, 0.717) is 32.1 Å². The molecule has 0 spiro atoms. The van der Waals surface area contributed by atoms with Crippen LogP contribution in [0.1, 0.15) is 187 Å². The highest BCUT2D eigenvalue weighted by Gasteiger charge is 2.39. The fourth-order valence-corrected chi connectivity index (χ4v) is 8.64. The number of aliphatic hydroxyl groups is 3. The molecule has 0 saturated heterocycles. The summed E-state index contributed by atoms with van der Waals surface area (Å²) >= 11 is 0. The summed E-state index contributed by atoms with van der Waals surface area (Å²) < 4.78 is 47.9. The molecule has 7 atom stereocenters. The van der Waals surface area contributed by atoms with Crippen molar-refractivity contribution in [1.29, 1.82) is 0 Å². The lowest BCUT2D eigenvalue weighted by Gasteiger charge is -2.20. The third-order valence-corrected chi connectivity index (χ3v) is 12.6. The number of hydrogen-bond donors (Lipinski definition) is 6. The molecular weight excluding hydrogens is 870 g/mol. The topological polar surface area (TPSA) is 253 Å². The standard InChI is InChI=1S/C46H84O16P2/c1-3-5-7-8-9-10-11-12-13-14-15-16-17-18-19-20-26-30-46(52)62-40(37-61-64(56,57)60-35-39(48)34-59-63(53,54)55)36-58-45(51)29-25-22-21-24-28-41-42(44(50)33-43(41)49)32-31-38(47)27-23-6-4-2/h12-13,31-32,38-43,47-49H,3-11,14-30,33-37H2,1-2H3,(H,56,57)(H2,53,54,55)/b13-12-,32-31+/t38-,39-,40+,41+,42+,43-/m0/s1. The second kappa shape index (κ2) is 37.2. The van der Waals surface area contributed by atoms with Crippen molar-refractivity contribution in [2.75, 3.05) is 26.4 Å². The van der Waals surface area contributed by atoms with Gasteiger partial charge in [-0.05, 0) is 57.3 Å². The molecule has 0 bridgehead atoms. The Morgan fingerprint density at radius 2 is 1.19 bits per heavy atom. The van der Waals surface area contributed by atoms with Crippen LogP contribution in [0.4, 0.5) is 0 Å². The maximum absolute atomic E-state index is 12.7. The van der Waals surface area contributed by atoms with Crippen molar-refractivity contribution < 1.29 is 76.6 Å². The number of ketones is 1. The molecule has 6 N–H and O–H groups in total. The van der Waals surface area contributed by atoms with Gasteiger partial charge in [-0.25, -0.2) is 9.13 Å². The molecule has 1 saturated carbocycles. The summed E-state index contributed by atoms with van der Waals surface area (Å²) in [7, 11) is -9.76. The minimum Gasteiger partial charge on any atom is -0.462 e. The number of hydrogen-bond acceptors (Lipinski definition) is 13. The van der Waals surface area contributed by atoms with Crippen molar-refractivity contribution in [2.45, 2.75) is 212 Å². The highest BCUT2D eigenvalue weighted by molar-refractivity contribution is 7.47. The van der Waals surface area contributed by atoms with Crippen LogP contribution in [0.25, 0.3) is 0 Å². The van der Waals surface area contributed by atoms with Crippen molar-refractivity contribution in [2.24, 2.45) is 11.8 Å². The summed E-state index contributed by atoms with van der Waals surface area (Å²) in [6.07, 6.45) is 27.8. The van der Waals surface area contributed by atoms with Crippen molar-refractivity contribution in [3.05, 3.63) is 24.3 Å². The molecule has 1 aliphatic rings. The molecule has 0 aromatic rings. The first-order chi connectivity index (χ1) is 30.6. The Labute approximate surface area is 383 Å². The van der Waals surface area contributed by atoms with Crippen molar-refractivity contribution >= 4 is 33.4 Å². The molecule has 1 aliphatic carbocycles. The van der Waals surface area contributed by atoms with Gasteiger partial charge in [-0.3, -0.25) is 28.0 Å². The number of phosphoric ester groups is 2. The van der Waals surface area contributed by atoms with E-state index >= 15 is 0 Å². The van der Waals surface area contributed by atoms with E-state index in [0.717, 1.165) is 83.5 Å². The molecule has 64 heavy (non-hydrogen) atoms. The van der Waals surface area contributed by atoms with E-state index in [9.17, 15) is 43.7 Å². The van der Waals surface area contributed by atoms with Crippen LogP contribution in [0.2, 0.25) is 0 Å². The zero-order valence-electron chi connectivity index (χ0n) is 38.9. The predicted molar refractivity (Wildman–Crippen MR) is 245 cm³/mol. The molecule has 0 radical (unpaired) electrons. The Morgan fingerprint density at radius 1 is 0.672 bits per heavy atom. The van der Waals surface area contributed by atoms with Gasteiger partial charge in [-0.1, -0.05) is 141 Å². The molecule has 18 heteroatoms. The molecular formula is C46H84O16P2. The van der Waals surface area contributed by atoms with Crippen LogP contribution < -0.4 is 0 Å². The number of carbonyl (C=O) groups is 3. The van der Waals surface area contributed by atoms with E-state index in [1.165, 1.54) is 38.5 Å². The molecule has 16 nitrogen and oxygen atoms in total. The number of rotatable bonds is 42. The van der Waals surface area contributed by atoms with Crippen LogP contribution in [0.15, 0.2) is 24.3 Å². The van der Waals surface area contributed by atoms with Crippen LogP contribution in [-0.4, -0.2) is 98.6 Å². The number of carbonyl (C=O) groups excluding carboxylic acids is 3.